The van der Waals surface area contributed by atoms with Crippen molar-refractivity contribution in [2.24, 2.45) is 0 Å². The lowest BCUT2D eigenvalue weighted by atomic mass is 9.95. The van der Waals surface area contributed by atoms with Gasteiger partial charge in [-0.25, -0.2) is 0 Å². The number of aryl methyl sites for hydroxylation is 2. The normalized spacial score (nSPS) is 17.7. The predicted octanol–water partition coefficient (Wildman–Crippen LogP) is 4.20. The highest BCUT2D eigenvalue weighted by atomic mass is 32.1. The van der Waals surface area contributed by atoms with Gasteiger partial charge in [0.15, 0.2) is 11.2 Å². The maximum atomic E-state index is 13.1. The molecule has 33 heavy (non-hydrogen) atoms. The molecule has 1 saturated heterocycles. The zero-order chi connectivity index (χ0) is 22.9. The molecule has 2 aliphatic rings. The molecule has 1 atom stereocenters. The van der Waals surface area contributed by atoms with Crippen molar-refractivity contribution in [3.8, 4) is 0 Å². The molecule has 172 valence electrons. The number of hydrogen-bond donors (Lipinski definition) is 2. The average Bonchev–Trinajstić information content (AvgIpc) is 3.45. The first-order valence-electron chi connectivity index (χ1n) is 11.4. The summed E-state index contributed by atoms with van der Waals surface area (Å²) in [6, 6.07) is 6.47. The highest BCUT2D eigenvalue weighted by Gasteiger charge is 2.28. The smallest absolute Gasteiger partial charge is 0.292 e. The first kappa shape index (κ1) is 21.9. The van der Waals surface area contributed by atoms with Crippen LogP contribution in [0.4, 0.5) is 5.00 Å². The van der Waals surface area contributed by atoms with Crippen molar-refractivity contribution in [2.75, 3.05) is 18.5 Å². The van der Waals surface area contributed by atoms with Gasteiger partial charge in [0, 0.05) is 24.1 Å². The number of nitrogens with one attached hydrogen (secondary N) is 2. The Morgan fingerprint density at radius 2 is 1.97 bits per heavy atom. The minimum Gasteiger partial charge on any atom is -0.451 e. The van der Waals surface area contributed by atoms with E-state index in [0.29, 0.717) is 28.1 Å². The number of rotatable bonds is 5. The maximum absolute atomic E-state index is 13.1. The molecule has 2 N–H and O–H groups in total. The Hall–Kier alpha value is -2.97. The van der Waals surface area contributed by atoms with Crippen LogP contribution >= 0.6 is 11.3 Å². The molecule has 0 spiro atoms. The van der Waals surface area contributed by atoms with Gasteiger partial charge in [0.1, 0.15) is 10.6 Å². The first-order chi connectivity index (χ1) is 16.0. The van der Waals surface area contributed by atoms with Gasteiger partial charge in [-0.3, -0.25) is 14.4 Å². The van der Waals surface area contributed by atoms with Gasteiger partial charge in [-0.1, -0.05) is 11.6 Å². The van der Waals surface area contributed by atoms with Gasteiger partial charge in [0.25, 0.3) is 11.8 Å². The third kappa shape index (κ3) is 4.45. The molecular formula is C25H26N2O5S. The summed E-state index contributed by atoms with van der Waals surface area (Å²) in [5, 5.41) is 6.78. The van der Waals surface area contributed by atoms with E-state index in [1.807, 2.05) is 13.0 Å². The first-order valence-corrected chi connectivity index (χ1v) is 12.2. The Bertz CT molecular complexity index is 1290. The van der Waals surface area contributed by atoms with Gasteiger partial charge in [0.2, 0.25) is 0 Å². The maximum Gasteiger partial charge on any atom is 0.292 e. The summed E-state index contributed by atoms with van der Waals surface area (Å²) in [7, 11) is 0. The molecule has 1 fully saturated rings. The van der Waals surface area contributed by atoms with E-state index < -0.39 is 5.91 Å². The fourth-order valence-electron chi connectivity index (χ4n) is 4.54. The number of carbonyl (C=O) groups excluding carboxylic acids is 2. The third-order valence-electron chi connectivity index (χ3n) is 6.25. The Kier molecular flexibility index (Phi) is 6.03. The fraction of sp³-hybridized carbons (Fsp3) is 0.400. The quantitative estimate of drug-likeness (QED) is 0.587. The van der Waals surface area contributed by atoms with Crippen LogP contribution in [0.25, 0.3) is 11.0 Å². The number of thiophene rings is 1. The van der Waals surface area contributed by atoms with Crippen LogP contribution in [-0.2, 0) is 17.6 Å². The molecule has 7 nitrogen and oxygen atoms in total. The summed E-state index contributed by atoms with van der Waals surface area (Å²) in [6.07, 6.45) is 5.77. The second-order valence-electron chi connectivity index (χ2n) is 8.69. The Labute approximate surface area is 195 Å². The van der Waals surface area contributed by atoms with Crippen LogP contribution in [0.5, 0.6) is 0 Å². The van der Waals surface area contributed by atoms with E-state index in [1.54, 1.807) is 12.1 Å². The molecule has 1 aromatic carbocycles. The molecule has 2 amide bonds. The van der Waals surface area contributed by atoms with E-state index in [-0.39, 0.29) is 23.2 Å². The number of hydrogen-bond acceptors (Lipinski definition) is 6. The van der Waals surface area contributed by atoms with E-state index in [4.69, 9.17) is 9.15 Å². The molecule has 0 radical (unpaired) electrons. The van der Waals surface area contributed by atoms with Crippen LogP contribution in [0.2, 0.25) is 0 Å². The second kappa shape index (κ2) is 9.11. The Morgan fingerprint density at radius 3 is 2.79 bits per heavy atom. The fourth-order valence-corrected chi connectivity index (χ4v) is 5.82. The molecule has 3 aromatic rings. The standard InChI is InChI=1S/C25H26N2O5S/c1-14-8-9-19-17(11-14)18(28)12-20(32-19)23(29)27-25-22(16-6-2-3-7-21(16)33-25)24(30)26-13-15-5-4-10-31-15/h8-9,11-12,15H,2-7,10,13H2,1H3,(H,26,30)(H,27,29). The van der Waals surface area contributed by atoms with Gasteiger partial charge >= 0.3 is 0 Å². The molecule has 2 aromatic heterocycles. The zero-order valence-corrected chi connectivity index (χ0v) is 19.3. The minimum absolute atomic E-state index is 0.0389. The van der Waals surface area contributed by atoms with Crippen LogP contribution < -0.4 is 16.1 Å². The Balaban J connectivity index is 1.43. The number of benzene rings is 1. The SMILES string of the molecule is Cc1ccc2oc(C(=O)Nc3sc4c(c3C(=O)NCC3CCCO3)CCCC4)cc(=O)c2c1. The summed E-state index contributed by atoms with van der Waals surface area (Å²) in [5.74, 6) is -0.814. The van der Waals surface area contributed by atoms with Gasteiger partial charge in [-0.15, -0.1) is 11.3 Å². The molecular weight excluding hydrogens is 440 g/mol. The van der Waals surface area contributed by atoms with Crippen molar-refractivity contribution in [2.45, 2.75) is 51.6 Å². The molecule has 1 unspecified atom stereocenters. The van der Waals surface area contributed by atoms with E-state index in [9.17, 15) is 14.4 Å². The number of amides is 2. The number of carbonyl (C=O) groups is 2. The van der Waals surface area contributed by atoms with Crippen molar-refractivity contribution < 1.29 is 18.7 Å². The average molecular weight is 467 g/mol. The largest absolute Gasteiger partial charge is 0.451 e. The number of ether oxygens (including phenoxy) is 1. The molecule has 3 heterocycles. The van der Waals surface area contributed by atoms with Crippen molar-refractivity contribution in [3.05, 3.63) is 61.8 Å². The molecule has 1 aliphatic carbocycles. The lowest BCUT2D eigenvalue weighted by molar-refractivity contribution is 0.0858. The van der Waals surface area contributed by atoms with Crippen molar-refractivity contribution in [1.29, 1.82) is 0 Å². The molecule has 8 heteroatoms. The minimum atomic E-state index is -0.540. The van der Waals surface area contributed by atoms with Crippen molar-refractivity contribution >= 4 is 39.1 Å². The van der Waals surface area contributed by atoms with Crippen LogP contribution in [-0.4, -0.2) is 31.1 Å². The van der Waals surface area contributed by atoms with E-state index in [0.717, 1.165) is 61.1 Å². The third-order valence-corrected chi connectivity index (χ3v) is 7.45. The monoisotopic (exact) mass is 466 g/mol. The topological polar surface area (TPSA) is 97.6 Å². The van der Waals surface area contributed by atoms with E-state index in [2.05, 4.69) is 10.6 Å². The molecule has 0 bridgehead atoms. The van der Waals surface area contributed by atoms with Crippen LogP contribution in [0.1, 0.15) is 62.6 Å². The van der Waals surface area contributed by atoms with E-state index >= 15 is 0 Å². The lowest BCUT2D eigenvalue weighted by Gasteiger charge is -2.15. The van der Waals surface area contributed by atoms with Crippen molar-refractivity contribution in [3.63, 3.8) is 0 Å². The Morgan fingerprint density at radius 1 is 1.12 bits per heavy atom. The van der Waals surface area contributed by atoms with Crippen LogP contribution in [0.3, 0.4) is 0 Å². The lowest BCUT2D eigenvalue weighted by Crippen LogP contribution is -2.32. The summed E-state index contributed by atoms with van der Waals surface area (Å²) < 4.78 is 11.3. The number of fused-ring (bicyclic) bond motifs is 2. The summed E-state index contributed by atoms with van der Waals surface area (Å²) >= 11 is 1.44. The molecule has 5 rings (SSSR count). The van der Waals surface area contributed by atoms with Gasteiger partial charge in [-0.05, 0) is 63.1 Å². The van der Waals surface area contributed by atoms with E-state index in [1.165, 1.54) is 17.4 Å². The molecule has 0 saturated carbocycles. The molecule has 1 aliphatic heterocycles. The number of anilines is 1. The summed E-state index contributed by atoms with van der Waals surface area (Å²) in [5.41, 5.74) is 2.57. The predicted molar refractivity (Wildman–Crippen MR) is 127 cm³/mol. The van der Waals surface area contributed by atoms with Crippen LogP contribution in [0, 0.1) is 6.92 Å². The highest BCUT2D eigenvalue weighted by Crippen LogP contribution is 2.38. The summed E-state index contributed by atoms with van der Waals surface area (Å²) in [4.78, 5) is 39.9. The van der Waals surface area contributed by atoms with Gasteiger partial charge in [-0.2, -0.15) is 0 Å². The zero-order valence-electron chi connectivity index (χ0n) is 18.5. The van der Waals surface area contributed by atoms with Crippen LogP contribution in [0.15, 0.2) is 33.5 Å². The highest BCUT2D eigenvalue weighted by molar-refractivity contribution is 7.17. The second-order valence-corrected chi connectivity index (χ2v) is 9.79. The van der Waals surface area contributed by atoms with Crippen molar-refractivity contribution in [1.82, 2.24) is 5.32 Å². The summed E-state index contributed by atoms with van der Waals surface area (Å²) in [6.45, 7) is 3.07. The van der Waals surface area contributed by atoms with Gasteiger partial charge < -0.3 is 19.8 Å². The van der Waals surface area contributed by atoms with Gasteiger partial charge in [0.05, 0.1) is 17.1 Å².